The molecule has 0 fully saturated rings. The van der Waals surface area contributed by atoms with Gasteiger partial charge in [0.2, 0.25) is 11.9 Å². The summed E-state index contributed by atoms with van der Waals surface area (Å²) in [6, 6.07) is 6.02. The zero-order valence-corrected chi connectivity index (χ0v) is 12.5. The quantitative estimate of drug-likeness (QED) is 0.906. The molecule has 2 aromatic rings. The highest BCUT2D eigenvalue weighted by molar-refractivity contribution is 5.45. The topological polar surface area (TPSA) is 86.0 Å². The number of alkyl halides is 1. The molecule has 6 nitrogen and oxygen atoms in total. The molecule has 2 atom stereocenters. The van der Waals surface area contributed by atoms with Crippen LogP contribution in [-0.2, 0) is 0 Å². The number of aryl methyl sites for hydroxylation is 1. The molecule has 2 heterocycles. The molecule has 0 bridgehead atoms. The monoisotopic (exact) mass is 303 g/mol. The van der Waals surface area contributed by atoms with E-state index in [4.69, 9.17) is 10.5 Å². The number of nitrogen functional groups attached to an aromatic ring is 1. The third kappa shape index (κ3) is 2.93. The van der Waals surface area contributed by atoms with E-state index in [1.54, 1.807) is 0 Å². The molecular formula is C15H18FN5O. The van der Waals surface area contributed by atoms with Crippen LogP contribution in [0.2, 0.25) is 0 Å². The first-order valence-corrected chi connectivity index (χ1v) is 7.18. The Bertz CT molecular complexity index is 692. The average molecular weight is 303 g/mol. The Morgan fingerprint density at radius 1 is 1.36 bits per heavy atom. The first-order chi connectivity index (χ1) is 10.5. The third-order valence-corrected chi connectivity index (χ3v) is 3.53. The van der Waals surface area contributed by atoms with Crippen LogP contribution in [0.15, 0.2) is 18.2 Å². The molecule has 1 aliphatic rings. The Morgan fingerprint density at radius 2 is 2.18 bits per heavy atom. The van der Waals surface area contributed by atoms with Crippen molar-refractivity contribution in [2.45, 2.75) is 32.5 Å². The van der Waals surface area contributed by atoms with Gasteiger partial charge in [0, 0.05) is 12.0 Å². The van der Waals surface area contributed by atoms with Gasteiger partial charge in [0.25, 0.3) is 0 Å². The van der Waals surface area contributed by atoms with Gasteiger partial charge in [-0.1, -0.05) is 17.7 Å². The lowest BCUT2D eigenvalue weighted by Crippen LogP contribution is -2.22. The molecule has 3 N–H and O–H groups in total. The number of ether oxygens (including phenoxy) is 1. The number of hydrogen-bond acceptors (Lipinski definition) is 6. The summed E-state index contributed by atoms with van der Waals surface area (Å²) in [5.41, 5.74) is 7.81. The molecule has 1 aromatic carbocycles. The first kappa shape index (κ1) is 14.5. The van der Waals surface area contributed by atoms with E-state index in [9.17, 15) is 4.39 Å². The predicted octanol–water partition coefficient (Wildman–Crippen LogP) is 2.73. The molecule has 0 aliphatic carbocycles. The Labute approximate surface area is 128 Å². The van der Waals surface area contributed by atoms with E-state index in [0.29, 0.717) is 6.61 Å². The fraction of sp³-hybridized carbons (Fsp3) is 0.400. The maximum atomic E-state index is 13.4. The fourth-order valence-electron chi connectivity index (χ4n) is 2.47. The maximum absolute atomic E-state index is 13.4. The van der Waals surface area contributed by atoms with Crippen LogP contribution in [0.3, 0.4) is 0 Å². The average Bonchev–Trinajstić information content (AvgIpc) is 2.47. The third-order valence-electron chi connectivity index (χ3n) is 3.53. The largest absolute Gasteiger partial charge is 0.493 e. The van der Waals surface area contributed by atoms with Gasteiger partial charge in [-0.3, -0.25) is 0 Å². The van der Waals surface area contributed by atoms with E-state index in [1.165, 1.54) is 6.92 Å². The summed E-state index contributed by atoms with van der Waals surface area (Å²) in [6.07, 6.45) is -0.530. The number of fused-ring (bicyclic) bond motifs is 1. The number of hydrogen-bond donors (Lipinski definition) is 2. The summed E-state index contributed by atoms with van der Waals surface area (Å²) >= 11 is 0. The summed E-state index contributed by atoms with van der Waals surface area (Å²) in [5.74, 6) is 1.17. The number of anilines is 2. The highest BCUT2D eigenvalue weighted by atomic mass is 19.1. The van der Waals surface area contributed by atoms with Crippen LogP contribution in [0.1, 0.15) is 42.5 Å². The molecule has 22 heavy (non-hydrogen) atoms. The second-order valence-electron chi connectivity index (χ2n) is 5.37. The van der Waals surface area contributed by atoms with Gasteiger partial charge in [0.1, 0.15) is 5.75 Å². The van der Waals surface area contributed by atoms with Crippen molar-refractivity contribution in [2.75, 3.05) is 17.7 Å². The molecule has 116 valence electrons. The Kier molecular flexibility index (Phi) is 3.79. The molecule has 0 saturated heterocycles. The Balaban J connectivity index is 1.90. The second-order valence-corrected chi connectivity index (χ2v) is 5.37. The minimum atomic E-state index is -1.30. The van der Waals surface area contributed by atoms with Gasteiger partial charge in [0.15, 0.2) is 12.0 Å². The van der Waals surface area contributed by atoms with E-state index in [0.717, 1.165) is 23.3 Å². The summed E-state index contributed by atoms with van der Waals surface area (Å²) in [4.78, 5) is 11.9. The maximum Gasteiger partial charge on any atom is 0.228 e. The van der Waals surface area contributed by atoms with E-state index < -0.39 is 6.17 Å². The Morgan fingerprint density at radius 3 is 2.95 bits per heavy atom. The molecule has 0 spiro atoms. The molecule has 3 rings (SSSR count). The van der Waals surface area contributed by atoms with Gasteiger partial charge in [0.05, 0.1) is 12.6 Å². The van der Waals surface area contributed by atoms with Crippen LogP contribution in [0, 0.1) is 6.92 Å². The Hall–Kier alpha value is -2.44. The van der Waals surface area contributed by atoms with Gasteiger partial charge in [-0.25, -0.2) is 4.39 Å². The summed E-state index contributed by atoms with van der Waals surface area (Å²) in [5, 5.41) is 3.21. The first-order valence-electron chi connectivity index (χ1n) is 7.18. The lowest BCUT2D eigenvalue weighted by Gasteiger charge is -2.27. The normalized spacial score (nSPS) is 18.2. The lowest BCUT2D eigenvalue weighted by molar-refractivity contribution is 0.274. The number of nitrogens with two attached hydrogens (primary N) is 1. The number of benzene rings is 1. The van der Waals surface area contributed by atoms with Crippen LogP contribution < -0.4 is 15.8 Å². The van der Waals surface area contributed by atoms with Crippen molar-refractivity contribution in [1.29, 1.82) is 0 Å². The van der Waals surface area contributed by atoms with Crippen LogP contribution in [0.5, 0.6) is 5.75 Å². The zero-order chi connectivity index (χ0) is 15.7. The van der Waals surface area contributed by atoms with Crippen LogP contribution in [-0.4, -0.2) is 21.6 Å². The molecule has 1 unspecified atom stereocenters. The van der Waals surface area contributed by atoms with Gasteiger partial charge in [-0.2, -0.15) is 15.0 Å². The zero-order valence-electron chi connectivity index (χ0n) is 12.5. The number of halogens is 1. The smallest absolute Gasteiger partial charge is 0.228 e. The van der Waals surface area contributed by atoms with Gasteiger partial charge < -0.3 is 15.8 Å². The van der Waals surface area contributed by atoms with E-state index in [-0.39, 0.29) is 23.8 Å². The summed E-state index contributed by atoms with van der Waals surface area (Å²) < 4.78 is 19.1. The van der Waals surface area contributed by atoms with Crippen LogP contribution >= 0.6 is 0 Å². The molecule has 0 amide bonds. The summed E-state index contributed by atoms with van der Waals surface area (Å²) in [6.45, 7) is 3.99. The van der Waals surface area contributed by atoms with Gasteiger partial charge in [-0.15, -0.1) is 0 Å². The number of nitrogens with one attached hydrogen (secondary N) is 1. The van der Waals surface area contributed by atoms with Crippen LogP contribution in [0.4, 0.5) is 16.3 Å². The second kappa shape index (κ2) is 5.75. The molecule has 0 saturated carbocycles. The van der Waals surface area contributed by atoms with Crippen molar-refractivity contribution in [3.63, 3.8) is 0 Å². The fourth-order valence-corrected chi connectivity index (χ4v) is 2.47. The molecule has 1 aromatic heterocycles. The number of rotatable bonds is 3. The van der Waals surface area contributed by atoms with Gasteiger partial charge >= 0.3 is 0 Å². The number of nitrogens with zero attached hydrogens (tertiary/aromatic N) is 3. The van der Waals surface area contributed by atoms with Crippen molar-refractivity contribution in [1.82, 2.24) is 15.0 Å². The van der Waals surface area contributed by atoms with Gasteiger partial charge in [-0.05, 0) is 19.9 Å². The highest BCUT2D eigenvalue weighted by Gasteiger charge is 2.23. The number of aromatic nitrogens is 3. The highest BCUT2D eigenvalue weighted by Crippen LogP contribution is 2.34. The molecule has 7 heteroatoms. The minimum absolute atomic E-state index is 0.00628. The van der Waals surface area contributed by atoms with Crippen molar-refractivity contribution in [3.05, 3.63) is 35.2 Å². The van der Waals surface area contributed by atoms with Crippen molar-refractivity contribution in [2.24, 2.45) is 0 Å². The predicted molar refractivity (Wildman–Crippen MR) is 81.4 cm³/mol. The summed E-state index contributed by atoms with van der Waals surface area (Å²) in [7, 11) is 0. The molecular weight excluding hydrogens is 285 g/mol. The van der Waals surface area contributed by atoms with E-state index in [2.05, 4.69) is 26.3 Å². The van der Waals surface area contributed by atoms with Crippen molar-refractivity contribution < 1.29 is 9.13 Å². The molecule has 0 radical (unpaired) electrons. The minimum Gasteiger partial charge on any atom is -0.493 e. The van der Waals surface area contributed by atoms with Crippen LogP contribution in [0.25, 0.3) is 0 Å². The molecule has 1 aliphatic heterocycles. The SMILES string of the molecule is Cc1ccc2c(c1)[C@H](Nc1nc(N)nc(C(C)F)n1)CCO2. The van der Waals surface area contributed by atoms with Crippen molar-refractivity contribution >= 4 is 11.9 Å². The lowest BCUT2D eigenvalue weighted by atomic mass is 9.99. The standard InChI is InChI=1S/C15H18FN5O/c1-8-3-4-12-10(7-8)11(5-6-22-12)18-15-20-13(9(2)16)19-14(17)21-15/h3-4,7,9,11H,5-6H2,1-2H3,(H3,17,18,19,20,21)/t9?,11-/m1/s1. The van der Waals surface area contributed by atoms with Crippen molar-refractivity contribution in [3.8, 4) is 5.75 Å². The van der Waals surface area contributed by atoms with E-state index in [1.807, 2.05) is 19.1 Å². The van der Waals surface area contributed by atoms with E-state index >= 15 is 0 Å².